The Morgan fingerprint density at radius 1 is 1.19 bits per heavy atom. The van der Waals surface area contributed by atoms with Crippen LogP contribution in [0.1, 0.15) is 5.56 Å². The molecule has 0 bridgehead atoms. The molecule has 0 fully saturated rings. The second kappa shape index (κ2) is 7.20. The topological polar surface area (TPSA) is 43.4 Å². The van der Waals surface area contributed by atoms with Gasteiger partial charge in [-0.3, -0.25) is 0 Å². The van der Waals surface area contributed by atoms with Crippen LogP contribution < -0.4 is 14.8 Å². The van der Waals surface area contributed by atoms with E-state index in [9.17, 15) is 4.39 Å². The Morgan fingerprint density at radius 3 is 2.52 bits per heavy atom. The lowest BCUT2D eigenvalue weighted by molar-refractivity contribution is 0.407. The van der Waals surface area contributed by atoms with Crippen molar-refractivity contribution in [3.05, 3.63) is 44.7 Å². The molecule has 0 radical (unpaired) electrons. The highest BCUT2D eigenvalue weighted by Crippen LogP contribution is 2.38. The Hall–Kier alpha value is -1.18. The maximum atomic E-state index is 13.3. The summed E-state index contributed by atoms with van der Waals surface area (Å²) in [5.41, 5.74) is 0.636. The van der Waals surface area contributed by atoms with E-state index in [0.29, 0.717) is 34.0 Å². The van der Waals surface area contributed by atoms with E-state index >= 15 is 0 Å². The summed E-state index contributed by atoms with van der Waals surface area (Å²) < 4.78 is 25.7. The van der Waals surface area contributed by atoms with Crippen LogP contribution in [-0.4, -0.2) is 19.1 Å². The number of hydrogen-bond donors (Lipinski definition) is 1. The SMILES string of the molecule is CNCc1cc(F)cnc1Oc1cc(Br)c(OC)cc1Br. The molecule has 0 spiro atoms. The number of nitrogens with one attached hydrogen (secondary N) is 1. The molecule has 0 aliphatic carbocycles. The summed E-state index contributed by atoms with van der Waals surface area (Å²) >= 11 is 6.81. The Bertz CT molecular complexity index is 653. The van der Waals surface area contributed by atoms with Crippen molar-refractivity contribution in [2.75, 3.05) is 14.2 Å². The Balaban J connectivity index is 2.36. The van der Waals surface area contributed by atoms with E-state index in [-0.39, 0.29) is 0 Å². The quantitative estimate of drug-likeness (QED) is 0.785. The number of aromatic nitrogens is 1. The van der Waals surface area contributed by atoms with Gasteiger partial charge >= 0.3 is 0 Å². The fourth-order valence-corrected chi connectivity index (χ4v) is 2.61. The summed E-state index contributed by atoms with van der Waals surface area (Å²) in [6.45, 7) is 0.453. The third kappa shape index (κ3) is 3.93. The van der Waals surface area contributed by atoms with Gasteiger partial charge in [-0.2, -0.15) is 0 Å². The maximum absolute atomic E-state index is 13.3. The zero-order valence-corrected chi connectivity index (χ0v) is 14.6. The summed E-state index contributed by atoms with van der Waals surface area (Å²) in [4.78, 5) is 4.00. The molecule has 112 valence electrons. The van der Waals surface area contributed by atoms with Gasteiger partial charge in [-0.25, -0.2) is 9.37 Å². The highest BCUT2D eigenvalue weighted by atomic mass is 79.9. The van der Waals surface area contributed by atoms with Crippen molar-refractivity contribution in [3.63, 3.8) is 0 Å². The molecule has 2 aromatic rings. The summed E-state index contributed by atoms with van der Waals surface area (Å²) in [5, 5.41) is 2.95. The molecule has 1 N–H and O–H groups in total. The number of nitrogens with zero attached hydrogens (tertiary/aromatic N) is 1. The summed E-state index contributed by atoms with van der Waals surface area (Å²) in [5.74, 6) is 1.18. The average molecular weight is 420 g/mol. The van der Waals surface area contributed by atoms with Crippen LogP contribution in [0.5, 0.6) is 17.4 Å². The molecule has 0 atom stereocenters. The van der Waals surface area contributed by atoms with Crippen LogP contribution in [0.3, 0.4) is 0 Å². The molecular weight excluding hydrogens is 407 g/mol. The first-order valence-electron chi connectivity index (χ1n) is 6.05. The zero-order chi connectivity index (χ0) is 15.4. The molecule has 2 rings (SSSR count). The second-order valence-corrected chi connectivity index (χ2v) is 5.88. The summed E-state index contributed by atoms with van der Waals surface area (Å²) in [6.07, 6.45) is 1.13. The van der Waals surface area contributed by atoms with Crippen LogP contribution in [0.4, 0.5) is 4.39 Å². The van der Waals surface area contributed by atoms with Crippen molar-refractivity contribution in [3.8, 4) is 17.4 Å². The third-order valence-electron chi connectivity index (χ3n) is 2.67. The molecule has 1 aromatic heterocycles. The molecule has 0 amide bonds. The summed E-state index contributed by atoms with van der Waals surface area (Å²) in [6, 6.07) is 4.93. The maximum Gasteiger partial charge on any atom is 0.223 e. The van der Waals surface area contributed by atoms with E-state index in [1.165, 1.54) is 6.07 Å². The third-order valence-corrected chi connectivity index (χ3v) is 3.91. The molecule has 0 saturated carbocycles. The van der Waals surface area contributed by atoms with Crippen LogP contribution in [-0.2, 0) is 6.54 Å². The highest BCUT2D eigenvalue weighted by Gasteiger charge is 2.13. The fraction of sp³-hybridized carbons (Fsp3) is 0.214. The lowest BCUT2D eigenvalue weighted by Gasteiger charge is -2.13. The van der Waals surface area contributed by atoms with Crippen LogP contribution in [0.25, 0.3) is 0 Å². The van der Waals surface area contributed by atoms with E-state index in [1.807, 2.05) is 0 Å². The average Bonchev–Trinajstić information content (AvgIpc) is 2.45. The van der Waals surface area contributed by atoms with Gasteiger partial charge in [-0.15, -0.1) is 0 Å². The van der Waals surface area contributed by atoms with Crippen molar-refractivity contribution < 1.29 is 13.9 Å². The Kier molecular flexibility index (Phi) is 5.55. The first-order valence-corrected chi connectivity index (χ1v) is 7.63. The fourth-order valence-electron chi connectivity index (χ4n) is 1.73. The van der Waals surface area contributed by atoms with Crippen molar-refractivity contribution in [1.82, 2.24) is 10.3 Å². The number of benzene rings is 1. The van der Waals surface area contributed by atoms with Crippen LogP contribution in [0.2, 0.25) is 0 Å². The molecule has 1 aromatic carbocycles. The predicted octanol–water partition coefficient (Wildman–Crippen LogP) is 4.27. The van der Waals surface area contributed by atoms with Gasteiger partial charge in [0.25, 0.3) is 0 Å². The second-order valence-electron chi connectivity index (χ2n) is 4.17. The minimum atomic E-state index is -0.400. The normalized spacial score (nSPS) is 10.5. The monoisotopic (exact) mass is 418 g/mol. The van der Waals surface area contributed by atoms with Crippen LogP contribution in [0.15, 0.2) is 33.3 Å². The van der Waals surface area contributed by atoms with Gasteiger partial charge < -0.3 is 14.8 Å². The van der Waals surface area contributed by atoms with Gasteiger partial charge in [0, 0.05) is 12.1 Å². The molecule has 7 heteroatoms. The van der Waals surface area contributed by atoms with Gasteiger partial charge in [-0.05, 0) is 57.1 Å². The number of hydrogen-bond acceptors (Lipinski definition) is 4. The van der Waals surface area contributed by atoms with Gasteiger partial charge in [0.1, 0.15) is 17.3 Å². The standard InChI is InChI=1S/C14H13Br2FN2O2/c1-18-6-8-3-9(17)7-19-14(8)21-13-5-10(15)12(20-2)4-11(13)16/h3-5,7,18H,6H2,1-2H3. The Morgan fingerprint density at radius 2 is 1.86 bits per heavy atom. The van der Waals surface area contributed by atoms with Gasteiger partial charge in [0.2, 0.25) is 5.88 Å². The zero-order valence-electron chi connectivity index (χ0n) is 11.4. The van der Waals surface area contributed by atoms with E-state index in [4.69, 9.17) is 9.47 Å². The first kappa shape index (κ1) is 16.2. The number of ether oxygens (including phenoxy) is 2. The number of pyridine rings is 1. The molecule has 4 nitrogen and oxygen atoms in total. The lowest BCUT2D eigenvalue weighted by Crippen LogP contribution is -2.08. The minimum absolute atomic E-state index is 0.350. The largest absolute Gasteiger partial charge is 0.496 e. The van der Waals surface area contributed by atoms with Crippen LogP contribution >= 0.6 is 31.9 Å². The molecule has 21 heavy (non-hydrogen) atoms. The Labute approximate surface area is 138 Å². The minimum Gasteiger partial charge on any atom is -0.496 e. The van der Waals surface area contributed by atoms with Crippen LogP contribution in [0, 0.1) is 5.82 Å². The molecule has 1 heterocycles. The molecule has 0 unspecified atom stereocenters. The first-order chi connectivity index (χ1) is 10.0. The lowest BCUT2D eigenvalue weighted by atomic mass is 10.2. The molecule has 0 aliphatic heterocycles. The van der Waals surface area contributed by atoms with Crippen molar-refractivity contribution >= 4 is 31.9 Å². The summed E-state index contributed by atoms with van der Waals surface area (Å²) in [7, 11) is 3.36. The van der Waals surface area contributed by atoms with E-state index < -0.39 is 5.82 Å². The van der Waals surface area contributed by atoms with Gasteiger partial charge in [0.05, 0.1) is 22.3 Å². The highest BCUT2D eigenvalue weighted by molar-refractivity contribution is 9.11. The van der Waals surface area contributed by atoms with Crippen molar-refractivity contribution in [2.45, 2.75) is 6.54 Å². The van der Waals surface area contributed by atoms with E-state index in [2.05, 4.69) is 42.2 Å². The molecule has 0 saturated heterocycles. The number of halogens is 3. The van der Waals surface area contributed by atoms with Gasteiger partial charge in [-0.1, -0.05) is 0 Å². The van der Waals surface area contributed by atoms with E-state index in [0.717, 1.165) is 10.7 Å². The number of rotatable bonds is 5. The predicted molar refractivity (Wildman–Crippen MR) is 85.4 cm³/mol. The van der Waals surface area contributed by atoms with E-state index in [1.54, 1.807) is 26.3 Å². The molecular formula is C14H13Br2FN2O2. The van der Waals surface area contributed by atoms with Gasteiger partial charge in [0.15, 0.2) is 0 Å². The molecule has 0 aliphatic rings. The number of methoxy groups -OCH3 is 1. The van der Waals surface area contributed by atoms with Crippen molar-refractivity contribution in [2.24, 2.45) is 0 Å². The smallest absolute Gasteiger partial charge is 0.223 e. The van der Waals surface area contributed by atoms with Crippen molar-refractivity contribution in [1.29, 1.82) is 0 Å².